The number of hydrogen-bond donors (Lipinski definition) is 1. The van der Waals surface area contributed by atoms with E-state index in [0.717, 1.165) is 23.9 Å². The van der Waals surface area contributed by atoms with Crippen LogP contribution in [0.4, 0.5) is 24.5 Å². The molecule has 0 aliphatic rings. The van der Waals surface area contributed by atoms with Gasteiger partial charge in [-0.1, -0.05) is 17.8 Å². The Morgan fingerprint density at radius 1 is 1.35 bits per heavy atom. The summed E-state index contributed by atoms with van der Waals surface area (Å²) in [7, 11) is 0. The second kappa shape index (κ2) is 9.04. The van der Waals surface area contributed by atoms with Gasteiger partial charge in [-0.3, -0.25) is 19.5 Å². The van der Waals surface area contributed by atoms with Gasteiger partial charge in [0.05, 0.1) is 28.2 Å². The summed E-state index contributed by atoms with van der Waals surface area (Å²) in [5.74, 6) is -0.173. The summed E-state index contributed by atoms with van der Waals surface area (Å²) >= 11 is 0.952. The lowest BCUT2D eigenvalue weighted by atomic mass is 10.1. The number of thioether (sulfide) groups is 1. The largest absolute Gasteiger partial charge is 0.461 e. The molecule has 0 saturated carbocycles. The maximum absolute atomic E-state index is 13.2. The molecule has 1 aromatic carbocycles. The highest BCUT2D eigenvalue weighted by atomic mass is 32.2. The number of carbonyl (C=O) groups is 1. The first-order chi connectivity index (χ1) is 14.7. The molecule has 162 valence electrons. The first kappa shape index (κ1) is 22.1. The Balaban J connectivity index is 1.75. The number of nitrogens with one attached hydrogen (secondary N) is 1. The van der Waals surface area contributed by atoms with Gasteiger partial charge in [-0.25, -0.2) is 0 Å². The quantitative estimate of drug-likeness (QED) is 0.233. The van der Waals surface area contributed by atoms with Gasteiger partial charge < -0.3 is 9.73 Å². The summed E-state index contributed by atoms with van der Waals surface area (Å²) < 4.78 is 46.7. The molecular formula is C18H14F3N5O4S. The van der Waals surface area contributed by atoms with Gasteiger partial charge in [0.15, 0.2) is 10.9 Å². The zero-order valence-corrected chi connectivity index (χ0v) is 16.4. The number of aromatic nitrogens is 3. The minimum atomic E-state index is -4.89. The average Bonchev–Trinajstić information content (AvgIpc) is 3.36. The molecule has 0 atom stereocenters. The number of furan rings is 1. The number of amides is 1. The minimum absolute atomic E-state index is 0.276. The molecule has 3 aromatic rings. The molecule has 31 heavy (non-hydrogen) atoms. The van der Waals surface area contributed by atoms with Crippen molar-refractivity contribution in [1.29, 1.82) is 0 Å². The van der Waals surface area contributed by atoms with Crippen molar-refractivity contribution in [2.24, 2.45) is 0 Å². The number of hydrogen-bond acceptors (Lipinski definition) is 7. The van der Waals surface area contributed by atoms with E-state index in [-0.39, 0.29) is 5.75 Å². The number of rotatable bonds is 8. The molecule has 1 amide bonds. The van der Waals surface area contributed by atoms with E-state index in [1.54, 1.807) is 22.8 Å². The number of anilines is 1. The van der Waals surface area contributed by atoms with Crippen molar-refractivity contribution in [3.05, 3.63) is 64.9 Å². The number of alkyl halides is 3. The van der Waals surface area contributed by atoms with Gasteiger partial charge in [-0.15, -0.1) is 16.8 Å². The second-order valence-electron chi connectivity index (χ2n) is 6.00. The van der Waals surface area contributed by atoms with Gasteiger partial charge in [0.2, 0.25) is 11.7 Å². The van der Waals surface area contributed by atoms with Crippen molar-refractivity contribution in [1.82, 2.24) is 14.8 Å². The predicted molar refractivity (Wildman–Crippen MR) is 105 cm³/mol. The summed E-state index contributed by atoms with van der Waals surface area (Å²) in [5.41, 5.74) is -2.62. The molecule has 9 nitrogen and oxygen atoms in total. The van der Waals surface area contributed by atoms with Crippen LogP contribution in [0.2, 0.25) is 0 Å². The number of nitro benzene ring substituents is 1. The van der Waals surface area contributed by atoms with E-state index in [0.29, 0.717) is 29.4 Å². The van der Waals surface area contributed by atoms with E-state index in [2.05, 4.69) is 22.1 Å². The van der Waals surface area contributed by atoms with E-state index in [9.17, 15) is 28.1 Å². The van der Waals surface area contributed by atoms with E-state index in [4.69, 9.17) is 4.42 Å². The second-order valence-corrected chi connectivity index (χ2v) is 6.95. The average molecular weight is 453 g/mol. The fraction of sp³-hybridized carbons (Fsp3) is 0.167. The normalized spacial score (nSPS) is 11.3. The maximum Gasteiger partial charge on any atom is 0.418 e. The van der Waals surface area contributed by atoms with Gasteiger partial charge >= 0.3 is 6.18 Å². The Hall–Kier alpha value is -3.61. The van der Waals surface area contributed by atoms with E-state index >= 15 is 0 Å². The highest BCUT2D eigenvalue weighted by Gasteiger charge is 2.35. The number of nitro groups is 1. The number of carbonyl (C=O) groups excluding carboxylic acids is 1. The van der Waals surface area contributed by atoms with Crippen LogP contribution < -0.4 is 5.32 Å². The van der Waals surface area contributed by atoms with Crippen LogP contribution in [0.3, 0.4) is 0 Å². The molecule has 3 rings (SSSR count). The van der Waals surface area contributed by atoms with Crippen LogP contribution in [0, 0.1) is 10.1 Å². The van der Waals surface area contributed by atoms with Gasteiger partial charge in [0, 0.05) is 18.7 Å². The SMILES string of the molecule is C=CCn1c(SCC(=O)Nc2ccc([N+](=O)[O-])cc2C(F)(F)F)nnc1-c1ccco1. The number of halogens is 3. The summed E-state index contributed by atoms with van der Waals surface area (Å²) in [6.45, 7) is 3.97. The summed E-state index contributed by atoms with van der Waals surface area (Å²) in [4.78, 5) is 22.1. The van der Waals surface area contributed by atoms with Crippen LogP contribution in [0.15, 0.2) is 58.8 Å². The smallest absolute Gasteiger partial charge is 0.418 e. The minimum Gasteiger partial charge on any atom is -0.461 e. The molecule has 0 fully saturated rings. The van der Waals surface area contributed by atoms with Crippen molar-refractivity contribution in [2.75, 3.05) is 11.1 Å². The number of nitrogens with zero attached hydrogens (tertiary/aromatic N) is 4. The highest BCUT2D eigenvalue weighted by Crippen LogP contribution is 2.37. The van der Waals surface area contributed by atoms with E-state index in [1.807, 2.05) is 0 Å². The zero-order valence-electron chi connectivity index (χ0n) is 15.6. The lowest BCUT2D eigenvalue weighted by Gasteiger charge is -2.13. The third-order valence-electron chi connectivity index (χ3n) is 3.90. The molecule has 0 bridgehead atoms. The highest BCUT2D eigenvalue weighted by molar-refractivity contribution is 7.99. The van der Waals surface area contributed by atoms with Crippen molar-refractivity contribution < 1.29 is 27.3 Å². The molecular weight excluding hydrogens is 439 g/mol. The molecule has 0 spiro atoms. The third-order valence-corrected chi connectivity index (χ3v) is 4.86. The van der Waals surface area contributed by atoms with Crippen LogP contribution in [0.1, 0.15) is 5.56 Å². The van der Waals surface area contributed by atoms with Crippen LogP contribution in [-0.4, -0.2) is 31.3 Å². The van der Waals surface area contributed by atoms with Crippen molar-refractivity contribution in [3.63, 3.8) is 0 Å². The number of allylic oxidation sites excluding steroid dienone is 1. The Morgan fingerprint density at radius 2 is 2.13 bits per heavy atom. The molecule has 2 heterocycles. The third kappa shape index (κ3) is 5.12. The van der Waals surface area contributed by atoms with Crippen LogP contribution >= 0.6 is 11.8 Å². The lowest BCUT2D eigenvalue weighted by molar-refractivity contribution is -0.385. The van der Waals surface area contributed by atoms with E-state index < -0.39 is 33.9 Å². The van der Waals surface area contributed by atoms with E-state index in [1.165, 1.54) is 6.26 Å². The topological polar surface area (TPSA) is 116 Å². The van der Waals surface area contributed by atoms with Gasteiger partial charge in [0.25, 0.3) is 5.69 Å². The summed E-state index contributed by atoms with van der Waals surface area (Å²) in [5, 5.41) is 21.2. The Bertz CT molecular complexity index is 1110. The summed E-state index contributed by atoms with van der Waals surface area (Å²) in [6.07, 6.45) is -1.83. The first-order valence-corrected chi connectivity index (χ1v) is 9.55. The van der Waals surface area contributed by atoms with Crippen LogP contribution in [-0.2, 0) is 17.5 Å². The molecule has 0 unspecified atom stereocenters. The Morgan fingerprint density at radius 3 is 2.74 bits per heavy atom. The number of benzene rings is 1. The maximum atomic E-state index is 13.2. The van der Waals surface area contributed by atoms with Gasteiger partial charge in [-0.05, 0) is 18.2 Å². The molecule has 13 heteroatoms. The van der Waals surface area contributed by atoms with Gasteiger partial charge in [0.1, 0.15) is 0 Å². The van der Waals surface area contributed by atoms with Crippen molar-refractivity contribution in [2.45, 2.75) is 17.9 Å². The van der Waals surface area contributed by atoms with Crippen LogP contribution in [0.5, 0.6) is 0 Å². The molecule has 0 aliphatic carbocycles. The Kier molecular flexibility index (Phi) is 6.44. The molecule has 2 aromatic heterocycles. The monoisotopic (exact) mass is 453 g/mol. The van der Waals surface area contributed by atoms with Gasteiger partial charge in [-0.2, -0.15) is 13.2 Å². The fourth-order valence-electron chi connectivity index (χ4n) is 2.58. The Labute approximate surface area is 177 Å². The lowest BCUT2D eigenvalue weighted by Crippen LogP contribution is -2.18. The molecule has 1 N–H and O–H groups in total. The van der Waals surface area contributed by atoms with Crippen LogP contribution in [0.25, 0.3) is 11.6 Å². The first-order valence-electron chi connectivity index (χ1n) is 8.57. The zero-order chi connectivity index (χ0) is 22.6. The molecule has 0 aliphatic heterocycles. The standard InChI is InChI=1S/C18H14F3N5O4S/c1-2-7-25-16(14-4-3-8-30-14)23-24-17(25)31-10-15(27)22-13-6-5-11(26(28)29)9-12(13)18(19,20)21/h2-6,8-9H,1,7,10H2,(H,22,27). The fourth-order valence-corrected chi connectivity index (χ4v) is 3.33. The molecule has 0 radical (unpaired) electrons. The predicted octanol–water partition coefficient (Wildman–Crippen LogP) is 4.38. The van der Waals surface area contributed by atoms with Crippen molar-refractivity contribution in [3.8, 4) is 11.6 Å². The molecule has 0 saturated heterocycles. The van der Waals surface area contributed by atoms with Crippen molar-refractivity contribution >= 4 is 29.0 Å². The summed E-state index contributed by atoms with van der Waals surface area (Å²) in [6, 6.07) is 5.45. The number of non-ortho nitro benzene ring substituents is 1.